The van der Waals surface area contributed by atoms with Crippen molar-refractivity contribution in [1.29, 1.82) is 0 Å². The van der Waals surface area contributed by atoms with E-state index in [0.717, 1.165) is 12.8 Å². The summed E-state index contributed by atoms with van der Waals surface area (Å²) in [5, 5.41) is 0. The van der Waals surface area contributed by atoms with E-state index in [2.05, 4.69) is 34.3 Å². The molecule has 0 aromatic heterocycles. The quantitative estimate of drug-likeness (QED) is 0.748. The summed E-state index contributed by atoms with van der Waals surface area (Å²) in [6.07, 6.45) is 7.40. The minimum atomic E-state index is -0.0605. The molecule has 110 valence electrons. The average Bonchev–Trinajstić information content (AvgIpc) is 2.31. The summed E-state index contributed by atoms with van der Waals surface area (Å²) < 4.78 is 12.0. The minimum Gasteiger partial charge on any atom is -0.399 e. The molecule has 0 bridgehead atoms. The van der Waals surface area contributed by atoms with Crippen LogP contribution in [-0.4, -0.2) is 18.5 Å². The summed E-state index contributed by atoms with van der Waals surface area (Å²) in [5.41, 5.74) is 6.07. The molecule has 1 aliphatic heterocycles. The van der Waals surface area contributed by atoms with Crippen LogP contribution in [0.5, 0.6) is 0 Å². The molecular weight excluding hydrogens is 238 g/mol. The number of nitrogens with two attached hydrogens (primary N) is 1. The Morgan fingerprint density at radius 2 is 2.11 bits per heavy atom. The highest BCUT2D eigenvalue weighted by Crippen LogP contribution is 2.30. The Morgan fingerprint density at radius 3 is 2.74 bits per heavy atom. The fourth-order valence-corrected chi connectivity index (χ4v) is 2.40. The molecule has 19 heavy (non-hydrogen) atoms. The van der Waals surface area contributed by atoms with E-state index in [4.69, 9.17) is 15.2 Å². The lowest BCUT2D eigenvalue weighted by Crippen LogP contribution is -2.40. The Bertz CT molecular complexity index is 314. The van der Waals surface area contributed by atoms with E-state index in [1.807, 2.05) is 12.2 Å². The summed E-state index contributed by atoms with van der Waals surface area (Å²) in [4.78, 5) is 0. The van der Waals surface area contributed by atoms with Crippen LogP contribution < -0.4 is 5.73 Å². The van der Waals surface area contributed by atoms with Crippen molar-refractivity contribution < 1.29 is 9.47 Å². The lowest BCUT2D eigenvalue weighted by atomic mass is 9.90. The summed E-state index contributed by atoms with van der Waals surface area (Å²) in [7, 11) is 0. The first-order valence-electron chi connectivity index (χ1n) is 7.32. The van der Waals surface area contributed by atoms with E-state index in [-0.39, 0.29) is 18.5 Å². The predicted molar refractivity (Wildman–Crippen MR) is 79.5 cm³/mol. The number of hydrogen-bond acceptors (Lipinski definition) is 3. The Morgan fingerprint density at radius 1 is 1.42 bits per heavy atom. The van der Waals surface area contributed by atoms with Crippen molar-refractivity contribution in [1.82, 2.24) is 0 Å². The Labute approximate surface area is 117 Å². The molecule has 0 radical (unpaired) electrons. The highest BCUT2D eigenvalue weighted by Gasteiger charge is 2.32. The Balaban J connectivity index is 2.31. The summed E-state index contributed by atoms with van der Waals surface area (Å²) >= 11 is 0. The van der Waals surface area contributed by atoms with Gasteiger partial charge >= 0.3 is 0 Å². The van der Waals surface area contributed by atoms with Crippen LogP contribution in [0.15, 0.2) is 24.4 Å². The molecule has 1 saturated heterocycles. The molecule has 3 nitrogen and oxygen atoms in total. The van der Waals surface area contributed by atoms with Gasteiger partial charge in [0.2, 0.25) is 0 Å². The van der Waals surface area contributed by atoms with E-state index < -0.39 is 0 Å². The third-order valence-electron chi connectivity index (χ3n) is 3.80. The van der Waals surface area contributed by atoms with Crippen LogP contribution in [0.4, 0.5) is 0 Å². The second-order valence-corrected chi connectivity index (χ2v) is 5.90. The van der Waals surface area contributed by atoms with Crippen LogP contribution in [0.2, 0.25) is 0 Å². The zero-order valence-corrected chi connectivity index (χ0v) is 12.8. The second-order valence-electron chi connectivity index (χ2n) is 5.90. The van der Waals surface area contributed by atoms with E-state index in [9.17, 15) is 0 Å². The smallest absolute Gasteiger partial charge is 0.160 e. The van der Waals surface area contributed by atoms with Gasteiger partial charge in [0.05, 0.1) is 12.2 Å². The van der Waals surface area contributed by atoms with Crippen molar-refractivity contribution in [3.05, 3.63) is 24.4 Å². The lowest BCUT2D eigenvalue weighted by Gasteiger charge is -2.38. The second kappa shape index (κ2) is 7.71. The SMILES string of the molecule is C=C(N)/C=C/CC[C@@H](C)O[C@@H]1O[C@@H](C)[C@H](C)C[C@H]1C. The van der Waals surface area contributed by atoms with E-state index >= 15 is 0 Å². The molecule has 0 amide bonds. The fraction of sp³-hybridized carbons (Fsp3) is 0.750. The van der Waals surface area contributed by atoms with Crippen molar-refractivity contribution in [3.8, 4) is 0 Å². The normalized spacial score (nSPS) is 33.5. The van der Waals surface area contributed by atoms with Crippen molar-refractivity contribution >= 4 is 0 Å². The Hall–Kier alpha value is -0.800. The summed E-state index contributed by atoms with van der Waals surface area (Å²) in [6, 6.07) is 0. The van der Waals surface area contributed by atoms with Gasteiger partial charge in [0, 0.05) is 11.6 Å². The van der Waals surface area contributed by atoms with Crippen LogP contribution >= 0.6 is 0 Å². The molecule has 2 N–H and O–H groups in total. The maximum absolute atomic E-state index is 6.02. The molecule has 0 spiro atoms. The van der Waals surface area contributed by atoms with Crippen LogP contribution in [0.25, 0.3) is 0 Å². The van der Waals surface area contributed by atoms with Crippen LogP contribution in [0.3, 0.4) is 0 Å². The molecule has 1 heterocycles. The molecule has 5 atom stereocenters. The Kier molecular flexibility index (Phi) is 6.59. The molecule has 0 aliphatic carbocycles. The van der Waals surface area contributed by atoms with Gasteiger partial charge in [-0.15, -0.1) is 0 Å². The van der Waals surface area contributed by atoms with Gasteiger partial charge in [-0.3, -0.25) is 0 Å². The topological polar surface area (TPSA) is 44.5 Å². The van der Waals surface area contributed by atoms with Crippen molar-refractivity contribution in [2.24, 2.45) is 17.6 Å². The third kappa shape index (κ3) is 5.79. The first-order chi connectivity index (χ1) is 8.90. The maximum atomic E-state index is 6.02. The third-order valence-corrected chi connectivity index (χ3v) is 3.80. The van der Waals surface area contributed by atoms with Gasteiger partial charge in [0.25, 0.3) is 0 Å². The molecule has 0 saturated carbocycles. The van der Waals surface area contributed by atoms with Gasteiger partial charge in [-0.2, -0.15) is 0 Å². The monoisotopic (exact) mass is 267 g/mol. The predicted octanol–water partition coefficient (Wildman–Crippen LogP) is 3.61. The maximum Gasteiger partial charge on any atom is 0.160 e. The first-order valence-corrected chi connectivity index (χ1v) is 7.32. The zero-order chi connectivity index (χ0) is 14.4. The molecular formula is C16H29NO2. The first kappa shape index (κ1) is 16.3. The number of rotatable bonds is 6. The highest BCUT2D eigenvalue weighted by molar-refractivity contribution is 5.09. The van der Waals surface area contributed by atoms with E-state index in [1.54, 1.807) is 0 Å². The standard InChI is InChI=1S/C16H29NO2/c1-11-10-12(2)16(19-15(11)5)18-14(4)9-7-6-8-13(3)17/h6,8,11-12,14-16H,3,7,9-10,17H2,1-2,4-5H3/b8-6+/t11-,12-,14-,15+,16-/m1/s1. The van der Waals surface area contributed by atoms with Crippen LogP contribution in [0.1, 0.15) is 47.0 Å². The van der Waals surface area contributed by atoms with E-state index in [1.165, 1.54) is 6.42 Å². The van der Waals surface area contributed by atoms with Gasteiger partial charge < -0.3 is 15.2 Å². The molecule has 1 rings (SSSR count). The van der Waals surface area contributed by atoms with Gasteiger partial charge in [-0.25, -0.2) is 0 Å². The molecule has 1 fully saturated rings. The molecule has 0 unspecified atom stereocenters. The van der Waals surface area contributed by atoms with Gasteiger partial charge in [0.1, 0.15) is 0 Å². The van der Waals surface area contributed by atoms with Gasteiger partial charge in [0.15, 0.2) is 6.29 Å². The zero-order valence-electron chi connectivity index (χ0n) is 12.8. The van der Waals surface area contributed by atoms with Gasteiger partial charge in [-0.05, 0) is 45.1 Å². The van der Waals surface area contributed by atoms with Crippen molar-refractivity contribution in [2.75, 3.05) is 0 Å². The number of allylic oxidation sites excluding steroid dienone is 2. The molecule has 3 heteroatoms. The number of hydrogen-bond donors (Lipinski definition) is 1. The summed E-state index contributed by atoms with van der Waals surface area (Å²) in [5.74, 6) is 1.08. The lowest BCUT2D eigenvalue weighted by molar-refractivity contribution is -0.243. The molecule has 0 aromatic rings. The van der Waals surface area contributed by atoms with Crippen LogP contribution in [0, 0.1) is 11.8 Å². The van der Waals surface area contributed by atoms with Crippen molar-refractivity contribution in [3.63, 3.8) is 0 Å². The van der Waals surface area contributed by atoms with Crippen LogP contribution in [-0.2, 0) is 9.47 Å². The fourth-order valence-electron chi connectivity index (χ4n) is 2.40. The molecule has 1 aliphatic rings. The highest BCUT2D eigenvalue weighted by atomic mass is 16.7. The summed E-state index contributed by atoms with van der Waals surface area (Å²) in [6.45, 7) is 12.3. The number of ether oxygens (including phenoxy) is 2. The minimum absolute atomic E-state index is 0.0605. The average molecular weight is 267 g/mol. The molecule has 0 aromatic carbocycles. The van der Waals surface area contributed by atoms with E-state index in [0.29, 0.717) is 17.5 Å². The largest absolute Gasteiger partial charge is 0.399 e. The van der Waals surface area contributed by atoms with Crippen molar-refractivity contribution in [2.45, 2.75) is 65.5 Å². The van der Waals surface area contributed by atoms with Gasteiger partial charge in [-0.1, -0.05) is 26.5 Å².